The molecular weight excluding hydrogens is 512 g/mol. The Morgan fingerprint density at radius 1 is 0.634 bits per heavy atom. The molecule has 41 heavy (non-hydrogen) atoms. The highest BCUT2D eigenvalue weighted by Crippen LogP contribution is 2.32. The van der Waals surface area contributed by atoms with Crippen LogP contribution in [0.3, 0.4) is 0 Å². The van der Waals surface area contributed by atoms with Gasteiger partial charge in [0.15, 0.2) is 0 Å². The Morgan fingerprint density at radius 2 is 1.20 bits per heavy atom. The summed E-state index contributed by atoms with van der Waals surface area (Å²) in [5.41, 5.74) is 3.80. The topological polar surface area (TPSA) is 77.9 Å². The SMILES string of the molecule is CN(C(=O)c1ccccc1-c1ccccc1C(=O)N(CCC(=O)O)Cc1ccccc1)c1cccc2ccccc12. The van der Waals surface area contributed by atoms with Crippen molar-refractivity contribution >= 4 is 34.2 Å². The normalized spacial score (nSPS) is 10.8. The van der Waals surface area contributed by atoms with Gasteiger partial charge in [-0.2, -0.15) is 0 Å². The summed E-state index contributed by atoms with van der Waals surface area (Å²) in [5, 5.41) is 11.3. The Bertz CT molecular complexity index is 1710. The van der Waals surface area contributed by atoms with Crippen LogP contribution >= 0.6 is 0 Å². The first-order valence-electron chi connectivity index (χ1n) is 13.4. The molecule has 0 bridgehead atoms. The molecule has 0 aliphatic rings. The van der Waals surface area contributed by atoms with Gasteiger partial charge in [0.05, 0.1) is 12.1 Å². The number of anilines is 1. The number of benzene rings is 5. The Hall–Kier alpha value is -5.23. The van der Waals surface area contributed by atoms with E-state index in [1.165, 1.54) is 0 Å². The van der Waals surface area contributed by atoms with Crippen LogP contribution in [0.1, 0.15) is 32.7 Å². The number of carboxylic acid groups (broad SMARTS) is 1. The quantitative estimate of drug-likeness (QED) is 0.220. The molecular formula is C35H30N2O4. The van der Waals surface area contributed by atoms with Crippen molar-refractivity contribution in [3.8, 4) is 11.1 Å². The van der Waals surface area contributed by atoms with E-state index in [0.29, 0.717) is 22.3 Å². The van der Waals surface area contributed by atoms with Gasteiger partial charge >= 0.3 is 5.97 Å². The predicted molar refractivity (Wildman–Crippen MR) is 162 cm³/mol. The van der Waals surface area contributed by atoms with E-state index in [0.717, 1.165) is 22.0 Å². The lowest BCUT2D eigenvalue weighted by Crippen LogP contribution is -2.33. The first kappa shape index (κ1) is 27.3. The van der Waals surface area contributed by atoms with Crippen LogP contribution in [0.15, 0.2) is 121 Å². The standard InChI is InChI=1S/C35H30N2O4/c1-36(32-21-11-15-26-14-5-6-16-27(26)32)34(40)30-19-9-7-17-28(30)29-18-8-10-20-31(29)35(41)37(23-22-33(38)39)24-25-12-3-2-4-13-25/h2-21H,22-24H2,1H3,(H,38,39). The van der Waals surface area contributed by atoms with Gasteiger partial charge < -0.3 is 14.9 Å². The van der Waals surface area contributed by atoms with Gasteiger partial charge in [0.2, 0.25) is 0 Å². The van der Waals surface area contributed by atoms with Crippen molar-refractivity contribution in [2.24, 2.45) is 0 Å². The van der Waals surface area contributed by atoms with Crippen LogP contribution in [0.2, 0.25) is 0 Å². The lowest BCUT2D eigenvalue weighted by atomic mass is 9.93. The highest BCUT2D eigenvalue weighted by atomic mass is 16.4. The van der Waals surface area contributed by atoms with Crippen molar-refractivity contribution in [1.29, 1.82) is 0 Å². The van der Waals surface area contributed by atoms with E-state index in [1.54, 1.807) is 35.0 Å². The molecule has 6 heteroatoms. The third-order valence-corrected chi connectivity index (χ3v) is 7.14. The minimum atomic E-state index is -0.975. The molecule has 0 spiro atoms. The second-order valence-corrected chi connectivity index (χ2v) is 9.81. The fourth-order valence-corrected chi connectivity index (χ4v) is 5.06. The van der Waals surface area contributed by atoms with Crippen LogP contribution < -0.4 is 4.90 Å². The molecule has 1 N–H and O–H groups in total. The summed E-state index contributed by atoms with van der Waals surface area (Å²) in [4.78, 5) is 42.6. The summed E-state index contributed by atoms with van der Waals surface area (Å²) in [6.07, 6.45) is -0.175. The Kier molecular flexibility index (Phi) is 8.20. The van der Waals surface area contributed by atoms with Gasteiger partial charge in [-0.1, -0.05) is 103 Å². The van der Waals surface area contributed by atoms with Crippen molar-refractivity contribution in [1.82, 2.24) is 4.90 Å². The van der Waals surface area contributed by atoms with Crippen LogP contribution in [0.4, 0.5) is 5.69 Å². The molecule has 0 atom stereocenters. The molecule has 6 nitrogen and oxygen atoms in total. The molecule has 2 amide bonds. The van der Waals surface area contributed by atoms with E-state index in [9.17, 15) is 19.5 Å². The lowest BCUT2D eigenvalue weighted by molar-refractivity contribution is -0.137. The van der Waals surface area contributed by atoms with Crippen LogP contribution in [0, 0.1) is 0 Å². The fraction of sp³-hybridized carbons (Fsp3) is 0.114. The molecule has 0 unspecified atom stereocenters. The number of carbonyl (C=O) groups excluding carboxylic acids is 2. The molecule has 5 rings (SSSR count). The fourth-order valence-electron chi connectivity index (χ4n) is 5.06. The van der Waals surface area contributed by atoms with Gasteiger partial charge in [0.1, 0.15) is 0 Å². The van der Waals surface area contributed by atoms with Crippen LogP contribution in [-0.2, 0) is 11.3 Å². The maximum absolute atomic E-state index is 14.0. The number of amides is 2. The van der Waals surface area contributed by atoms with E-state index in [-0.39, 0.29) is 31.3 Å². The maximum atomic E-state index is 14.0. The number of fused-ring (bicyclic) bond motifs is 1. The molecule has 0 saturated heterocycles. The Labute approximate surface area is 239 Å². The van der Waals surface area contributed by atoms with Crippen molar-refractivity contribution in [2.75, 3.05) is 18.5 Å². The van der Waals surface area contributed by atoms with Gasteiger partial charge in [-0.25, -0.2) is 0 Å². The second kappa shape index (κ2) is 12.3. The van der Waals surface area contributed by atoms with Gasteiger partial charge in [-0.15, -0.1) is 0 Å². The van der Waals surface area contributed by atoms with Crippen molar-refractivity contribution in [3.05, 3.63) is 138 Å². The maximum Gasteiger partial charge on any atom is 0.305 e. The number of hydrogen-bond donors (Lipinski definition) is 1. The molecule has 204 valence electrons. The molecule has 0 heterocycles. The summed E-state index contributed by atoms with van der Waals surface area (Å²) >= 11 is 0. The summed E-state index contributed by atoms with van der Waals surface area (Å²) in [7, 11) is 1.76. The molecule has 0 aliphatic carbocycles. The van der Waals surface area contributed by atoms with Gasteiger partial charge in [0, 0.05) is 36.7 Å². The minimum absolute atomic E-state index is 0.0573. The molecule has 0 saturated carbocycles. The number of hydrogen-bond acceptors (Lipinski definition) is 3. The third kappa shape index (κ3) is 6.02. The zero-order valence-electron chi connectivity index (χ0n) is 22.7. The van der Waals surface area contributed by atoms with Crippen molar-refractivity contribution in [3.63, 3.8) is 0 Å². The number of carbonyl (C=O) groups is 3. The van der Waals surface area contributed by atoms with Gasteiger partial charge in [-0.05, 0) is 40.3 Å². The Balaban J connectivity index is 1.53. The molecule has 0 radical (unpaired) electrons. The average Bonchev–Trinajstić information content (AvgIpc) is 3.02. The zero-order chi connectivity index (χ0) is 28.8. The summed E-state index contributed by atoms with van der Waals surface area (Å²) in [5.74, 6) is -1.47. The van der Waals surface area contributed by atoms with E-state index < -0.39 is 5.97 Å². The van der Waals surface area contributed by atoms with E-state index in [2.05, 4.69) is 0 Å². The molecule has 0 aromatic heterocycles. The zero-order valence-corrected chi connectivity index (χ0v) is 22.7. The monoisotopic (exact) mass is 542 g/mol. The number of nitrogens with zero attached hydrogens (tertiary/aromatic N) is 2. The molecule has 5 aromatic carbocycles. The van der Waals surface area contributed by atoms with Crippen LogP contribution in [0.25, 0.3) is 21.9 Å². The van der Waals surface area contributed by atoms with E-state index in [4.69, 9.17) is 0 Å². The van der Waals surface area contributed by atoms with Crippen molar-refractivity contribution in [2.45, 2.75) is 13.0 Å². The van der Waals surface area contributed by atoms with Crippen LogP contribution in [-0.4, -0.2) is 41.4 Å². The second-order valence-electron chi connectivity index (χ2n) is 9.81. The highest BCUT2D eigenvalue weighted by Gasteiger charge is 2.24. The first-order valence-corrected chi connectivity index (χ1v) is 13.4. The number of rotatable bonds is 9. The minimum Gasteiger partial charge on any atom is -0.481 e. The van der Waals surface area contributed by atoms with Crippen molar-refractivity contribution < 1.29 is 19.5 Å². The number of carboxylic acids is 1. The molecule has 0 fully saturated rings. The smallest absolute Gasteiger partial charge is 0.305 e. The molecule has 5 aromatic rings. The van der Waals surface area contributed by atoms with E-state index in [1.807, 2.05) is 103 Å². The Morgan fingerprint density at radius 3 is 1.88 bits per heavy atom. The highest BCUT2D eigenvalue weighted by molar-refractivity contribution is 6.14. The lowest BCUT2D eigenvalue weighted by Gasteiger charge is -2.25. The van der Waals surface area contributed by atoms with E-state index >= 15 is 0 Å². The van der Waals surface area contributed by atoms with Gasteiger partial charge in [-0.3, -0.25) is 14.4 Å². The summed E-state index contributed by atoms with van der Waals surface area (Å²) in [6.45, 7) is 0.327. The third-order valence-electron chi connectivity index (χ3n) is 7.14. The average molecular weight is 543 g/mol. The molecule has 0 aliphatic heterocycles. The first-order chi connectivity index (χ1) is 19.9. The summed E-state index contributed by atoms with van der Waals surface area (Å²) < 4.78 is 0. The summed E-state index contributed by atoms with van der Waals surface area (Å²) in [6, 6.07) is 37.7. The number of aliphatic carboxylic acids is 1. The van der Waals surface area contributed by atoms with Gasteiger partial charge in [0.25, 0.3) is 11.8 Å². The predicted octanol–water partition coefficient (Wildman–Crippen LogP) is 6.90. The van der Waals surface area contributed by atoms with Crippen LogP contribution in [0.5, 0.6) is 0 Å². The largest absolute Gasteiger partial charge is 0.481 e.